The molecule has 1 aromatic heterocycles. The standard InChI is InChI=1S/C12H15N3O/c1-3-5-10(8-13)15-12(16)11-6-4-7-14-9(11)2/h4,6-7,10H,3,5H2,1-2H3,(H,15,16). The minimum Gasteiger partial charge on any atom is -0.336 e. The van der Waals surface area contributed by atoms with E-state index in [0.29, 0.717) is 17.7 Å². The Morgan fingerprint density at radius 3 is 3.00 bits per heavy atom. The Hall–Kier alpha value is -1.89. The summed E-state index contributed by atoms with van der Waals surface area (Å²) in [5, 5.41) is 11.5. The number of hydrogen-bond donors (Lipinski definition) is 1. The topological polar surface area (TPSA) is 65.8 Å². The number of nitriles is 1. The second-order valence-electron chi connectivity index (χ2n) is 3.58. The molecule has 0 saturated heterocycles. The van der Waals surface area contributed by atoms with Gasteiger partial charge in [-0.05, 0) is 25.5 Å². The molecule has 1 amide bonds. The maximum absolute atomic E-state index is 11.8. The number of aryl methyl sites for hydroxylation is 1. The summed E-state index contributed by atoms with van der Waals surface area (Å²) in [6, 6.07) is 5.07. The van der Waals surface area contributed by atoms with Crippen LogP contribution in [-0.4, -0.2) is 16.9 Å². The molecule has 0 aromatic carbocycles. The summed E-state index contributed by atoms with van der Waals surface area (Å²) in [5.41, 5.74) is 1.20. The van der Waals surface area contributed by atoms with Crippen molar-refractivity contribution in [3.8, 4) is 6.07 Å². The molecular weight excluding hydrogens is 202 g/mol. The highest BCUT2D eigenvalue weighted by Gasteiger charge is 2.13. The summed E-state index contributed by atoms with van der Waals surface area (Å²) in [4.78, 5) is 15.8. The third-order valence-corrected chi connectivity index (χ3v) is 2.29. The van der Waals surface area contributed by atoms with E-state index in [9.17, 15) is 4.79 Å². The average molecular weight is 217 g/mol. The van der Waals surface area contributed by atoms with Crippen LogP contribution in [0.2, 0.25) is 0 Å². The number of rotatable bonds is 4. The number of nitrogens with zero attached hydrogens (tertiary/aromatic N) is 2. The lowest BCUT2D eigenvalue weighted by Crippen LogP contribution is -2.34. The van der Waals surface area contributed by atoms with Crippen molar-refractivity contribution in [2.75, 3.05) is 0 Å². The fraction of sp³-hybridized carbons (Fsp3) is 0.417. The first-order valence-electron chi connectivity index (χ1n) is 5.31. The molecular formula is C12H15N3O. The first-order valence-corrected chi connectivity index (χ1v) is 5.31. The summed E-state index contributed by atoms with van der Waals surface area (Å²) in [5.74, 6) is -0.231. The van der Waals surface area contributed by atoms with Gasteiger partial charge in [-0.3, -0.25) is 9.78 Å². The highest BCUT2D eigenvalue weighted by Crippen LogP contribution is 2.04. The van der Waals surface area contributed by atoms with Crippen molar-refractivity contribution in [3.63, 3.8) is 0 Å². The quantitative estimate of drug-likeness (QED) is 0.836. The van der Waals surface area contributed by atoms with Gasteiger partial charge in [-0.25, -0.2) is 0 Å². The first-order chi connectivity index (χ1) is 7.69. The molecule has 1 aromatic rings. The molecule has 0 spiro atoms. The van der Waals surface area contributed by atoms with E-state index in [4.69, 9.17) is 5.26 Å². The van der Waals surface area contributed by atoms with Crippen molar-refractivity contribution >= 4 is 5.91 Å². The van der Waals surface area contributed by atoms with Crippen LogP contribution in [0.1, 0.15) is 35.8 Å². The summed E-state index contributed by atoms with van der Waals surface area (Å²) < 4.78 is 0. The number of hydrogen-bond acceptors (Lipinski definition) is 3. The van der Waals surface area contributed by atoms with Crippen molar-refractivity contribution in [2.24, 2.45) is 0 Å². The van der Waals surface area contributed by atoms with Crippen LogP contribution in [0.25, 0.3) is 0 Å². The van der Waals surface area contributed by atoms with Crippen LogP contribution < -0.4 is 5.32 Å². The number of nitrogens with one attached hydrogen (secondary N) is 1. The Bertz CT molecular complexity index is 409. The fourth-order valence-corrected chi connectivity index (χ4v) is 1.42. The molecule has 0 aliphatic carbocycles. The zero-order valence-electron chi connectivity index (χ0n) is 9.53. The van der Waals surface area contributed by atoms with E-state index in [0.717, 1.165) is 6.42 Å². The molecule has 1 heterocycles. The van der Waals surface area contributed by atoms with Crippen molar-refractivity contribution < 1.29 is 4.79 Å². The Morgan fingerprint density at radius 1 is 1.69 bits per heavy atom. The molecule has 4 nitrogen and oxygen atoms in total. The fourth-order valence-electron chi connectivity index (χ4n) is 1.42. The van der Waals surface area contributed by atoms with Gasteiger partial charge in [-0.2, -0.15) is 5.26 Å². The normalized spacial score (nSPS) is 11.6. The predicted molar refractivity (Wildman–Crippen MR) is 60.7 cm³/mol. The summed E-state index contributed by atoms with van der Waals surface area (Å²) >= 11 is 0. The Morgan fingerprint density at radius 2 is 2.44 bits per heavy atom. The molecule has 1 atom stereocenters. The van der Waals surface area contributed by atoms with Crippen molar-refractivity contribution in [2.45, 2.75) is 32.7 Å². The number of pyridine rings is 1. The Balaban J connectivity index is 2.73. The van der Waals surface area contributed by atoms with Gasteiger partial charge < -0.3 is 5.32 Å². The highest BCUT2D eigenvalue weighted by atomic mass is 16.1. The van der Waals surface area contributed by atoms with E-state index in [1.807, 2.05) is 6.92 Å². The average Bonchev–Trinajstić information content (AvgIpc) is 2.28. The van der Waals surface area contributed by atoms with Crippen molar-refractivity contribution in [3.05, 3.63) is 29.6 Å². The second-order valence-corrected chi connectivity index (χ2v) is 3.58. The third-order valence-electron chi connectivity index (χ3n) is 2.29. The molecule has 84 valence electrons. The van der Waals surface area contributed by atoms with Gasteiger partial charge in [-0.1, -0.05) is 13.3 Å². The predicted octanol–water partition coefficient (Wildman–Crippen LogP) is 1.81. The molecule has 0 aliphatic heterocycles. The zero-order chi connectivity index (χ0) is 12.0. The Kier molecular flexibility index (Phi) is 4.46. The number of amides is 1. The molecule has 0 fully saturated rings. The lowest BCUT2D eigenvalue weighted by atomic mass is 10.1. The largest absolute Gasteiger partial charge is 0.336 e. The molecule has 0 bridgehead atoms. The van der Waals surface area contributed by atoms with Crippen LogP contribution in [-0.2, 0) is 0 Å². The highest BCUT2D eigenvalue weighted by molar-refractivity contribution is 5.95. The van der Waals surface area contributed by atoms with Crippen LogP contribution >= 0.6 is 0 Å². The van der Waals surface area contributed by atoms with Crippen LogP contribution in [0.3, 0.4) is 0 Å². The third kappa shape index (κ3) is 3.06. The number of aromatic nitrogens is 1. The van der Waals surface area contributed by atoms with Gasteiger partial charge in [0, 0.05) is 11.9 Å². The van der Waals surface area contributed by atoms with Crippen LogP contribution in [0, 0.1) is 18.3 Å². The monoisotopic (exact) mass is 217 g/mol. The van der Waals surface area contributed by atoms with E-state index in [2.05, 4.69) is 16.4 Å². The maximum atomic E-state index is 11.8. The number of carbonyl (C=O) groups is 1. The minimum atomic E-state index is -0.419. The van der Waals surface area contributed by atoms with Gasteiger partial charge >= 0.3 is 0 Å². The molecule has 1 rings (SSSR count). The van der Waals surface area contributed by atoms with Crippen LogP contribution in [0.5, 0.6) is 0 Å². The molecule has 0 radical (unpaired) electrons. The van der Waals surface area contributed by atoms with E-state index in [1.165, 1.54) is 0 Å². The van der Waals surface area contributed by atoms with E-state index < -0.39 is 6.04 Å². The van der Waals surface area contributed by atoms with E-state index in [-0.39, 0.29) is 5.91 Å². The smallest absolute Gasteiger partial charge is 0.254 e. The van der Waals surface area contributed by atoms with Gasteiger partial charge in [0.15, 0.2) is 0 Å². The van der Waals surface area contributed by atoms with Gasteiger partial charge in [0.1, 0.15) is 6.04 Å². The van der Waals surface area contributed by atoms with Crippen LogP contribution in [0.4, 0.5) is 0 Å². The summed E-state index contributed by atoms with van der Waals surface area (Å²) in [7, 11) is 0. The molecule has 4 heteroatoms. The van der Waals surface area contributed by atoms with Gasteiger partial charge in [0.25, 0.3) is 5.91 Å². The summed E-state index contributed by atoms with van der Waals surface area (Å²) in [6.45, 7) is 3.75. The number of carbonyl (C=O) groups excluding carboxylic acids is 1. The lowest BCUT2D eigenvalue weighted by molar-refractivity contribution is 0.0943. The molecule has 0 saturated carbocycles. The molecule has 16 heavy (non-hydrogen) atoms. The Labute approximate surface area is 95.3 Å². The van der Waals surface area contributed by atoms with Crippen molar-refractivity contribution in [1.29, 1.82) is 5.26 Å². The second kappa shape index (κ2) is 5.86. The molecule has 0 aliphatic rings. The van der Waals surface area contributed by atoms with Crippen molar-refractivity contribution in [1.82, 2.24) is 10.3 Å². The van der Waals surface area contributed by atoms with E-state index in [1.54, 1.807) is 25.3 Å². The first kappa shape index (κ1) is 12.2. The van der Waals surface area contributed by atoms with Gasteiger partial charge in [0.05, 0.1) is 11.6 Å². The molecule has 1 N–H and O–H groups in total. The maximum Gasteiger partial charge on any atom is 0.254 e. The van der Waals surface area contributed by atoms with Crippen LogP contribution in [0.15, 0.2) is 18.3 Å². The molecule has 1 unspecified atom stereocenters. The van der Waals surface area contributed by atoms with Gasteiger partial charge in [0.2, 0.25) is 0 Å². The summed E-state index contributed by atoms with van der Waals surface area (Å²) in [6.07, 6.45) is 3.17. The van der Waals surface area contributed by atoms with Gasteiger partial charge in [-0.15, -0.1) is 0 Å². The SMILES string of the molecule is CCCC(C#N)NC(=O)c1cccnc1C. The zero-order valence-corrected chi connectivity index (χ0v) is 9.53. The lowest BCUT2D eigenvalue weighted by Gasteiger charge is -2.11. The minimum absolute atomic E-state index is 0.231. The van der Waals surface area contributed by atoms with E-state index >= 15 is 0 Å².